The molecule has 0 spiro atoms. The number of rotatable bonds is 1. The molecule has 0 aliphatic rings. The minimum absolute atomic E-state index is 0.699. The van der Waals surface area contributed by atoms with Gasteiger partial charge in [-0.15, -0.1) is 11.3 Å². The molecule has 0 aliphatic carbocycles. The van der Waals surface area contributed by atoms with Gasteiger partial charge in [-0.25, -0.2) is 0 Å². The summed E-state index contributed by atoms with van der Waals surface area (Å²) >= 11 is 1.59. The van der Waals surface area contributed by atoms with Crippen molar-refractivity contribution in [3.05, 3.63) is 21.9 Å². The summed E-state index contributed by atoms with van der Waals surface area (Å²) in [6.45, 7) is 5.55. The number of hydrogen-bond acceptors (Lipinski definition) is 2. The van der Waals surface area contributed by atoms with E-state index in [0.717, 1.165) is 9.75 Å². The van der Waals surface area contributed by atoms with Gasteiger partial charge >= 0.3 is 0 Å². The van der Waals surface area contributed by atoms with Crippen molar-refractivity contribution in [2.75, 3.05) is 0 Å². The van der Waals surface area contributed by atoms with Gasteiger partial charge in [0, 0.05) is 9.75 Å². The molecule has 0 aliphatic heterocycles. The van der Waals surface area contributed by atoms with Crippen LogP contribution in [-0.2, 0) is 5.60 Å². The molecule has 10 heavy (non-hydrogen) atoms. The van der Waals surface area contributed by atoms with E-state index in [-0.39, 0.29) is 0 Å². The first-order valence-corrected chi connectivity index (χ1v) is 4.03. The van der Waals surface area contributed by atoms with Crippen molar-refractivity contribution in [1.82, 2.24) is 0 Å². The number of aliphatic hydroxyl groups is 1. The SMILES string of the molecule is Cc1[c]cc(C(C)(C)O)s1. The second-order valence-electron chi connectivity index (χ2n) is 2.87. The van der Waals surface area contributed by atoms with E-state index >= 15 is 0 Å². The molecule has 0 aromatic carbocycles. The van der Waals surface area contributed by atoms with E-state index in [1.807, 2.05) is 13.0 Å². The quantitative estimate of drug-likeness (QED) is 0.658. The Hall–Kier alpha value is -0.340. The van der Waals surface area contributed by atoms with Crippen molar-refractivity contribution in [2.45, 2.75) is 26.4 Å². The van der Waals surface area contributed by atoms with E-state index in [1.165, 1.54) is 0 Å². The molecule has 1 heterocycles. The zero-order valence-electron chi connectivity index (χ0n) is 6.43. The van der Waals surface area contributed by atoms with Crippen molar-refractivity contribution in [3.63, 3.8) is 0 Å². The maximum Gasteiger partial charge on any atom is 0.0932 e. The highest BCUT2D eigenvalue weighted by atomic mass is 32.1. The minimum Gasteiger partial charge on any atom is -0.385 e. The van der Waals surface area contributed by atoms with E-state index in [0.29, 0.717) is 0 Å². The van der Waals surface area contributed by atoms with Crippen LogP contribution in [-0.4, -0.2) is 5.11 Å². The first kappa shape index (κ1) is 7.76. The van der Waals surface area contributed by atoms with Crippen LogP contribution in [0, 0.1) is 13.0 Å². The predicted octanol–water partition coefficient (Wildman–Crippen LogP) is 2.08. The van der Waals surface area contributed by atoms with Crippen LogP contribution in [0.3, 0.4) is 0 Å². The van der Waals surface area contributed by atoms with Crippen molar-refractivity contribution < 1.29 is 5.11 Å². The van der Waals surface area contributed by atoms with Gasteiger partial charge < -0.3 is 5.11 Å². The normalized spacial score (nSPS) is 12.0. The zero-order chi connectivity index (χ0) is 7.78. The van der Waals surface area contributed by atoms with E-state index < -0.39 is 5.60 Å². The molecule has 1 radical (unpaired) electrons. The number of hydrogen-bond donors (Lipinski definition) is 1. The Kier molecular flexibility index (Phi) is 1.84. The summed E-state index contributed by atoms with van der Waals surface area (Å²) in [5.41, 5.74) is -0.699. The highest BCUT2D eigenvalue weighted by Crippen LogP contribution is 2.26. The lowest BCUT2D eigenvalue weighted by molar-refractivity contribution is 0.0825. The van der Waals surface area contributed by atoms with Crippen LogP contribution < -0.4 is 0 Å². The van der Waals surface area contributed by atoms with Crippen LogP contribution in [0.25, 0.3) is 0 Å². The summed E-state index contributed by atoms with van der Waals surface area (Å²) in [5, 5.41) is 9.49. The maximum atomic E-state index is 9.49. The van der Waals surface area contributed by atoms with Crippen LogP contribution in [0.1, 0.15) is 23.6 Å². The maximum absolute atomic E-state index is 9.49. The van der Waals surface area contributed by atoms with Crippen LogP contribution in [0.15, 0.2) is 6.07 Å². The summed E-state index contributed by atoms with van der Waals surface area (Å²) in [6, 6.07) is 4.88. The lowest BCUT2D eigenvalue weighted by Crippen LogP contribution is -2.12. The number of aryl methyl sites for hydroxylation is 1. The van der Waals surface area contributed by atoms with Crippen molar-refractivity contribution in [1.29, 1.82) is 0 Å². The predicted molar refractivity (Wildman–Crippen MR) is 43.1 cm³/mol. The van der Waals surface area contributed by atoms with Crippen molar-refractivity contribution >= 4 is 11.3 Å². The first-order chi connectivity index (χ1) is 4.50. The van der Waals surface area contributed by atoms with E-state index in [4.69, 9.17) is 0 Å². The molecule has 55 valence electrons. The molecule has 0 saturated carbocycles. The van der Waals surface area contributed by atoms with Gasteiger partial charge in [0.05, 0.1) is 5.60 Å². The van der Waals surface area contributed by atoms with Gasteiger partial charge in [0.25, 0.3) is 0 Å². The summed E-state index contributed by atoms with van der Waals surface area (Å²) in [5.74, 6) is 0. The molecule has 0 saturated heterocycles. The molecule has 0 unspecified atom stereocenters. The Balaban J connectivity index is 2.96. The van der Waals surface area contributed by atoms with Gasteiger partial charge in [0.15, 0.2) is 0 Å². The third-order valence-corrected chi connectivity index (χ3v) is 2.53. The third kappa shape index (κ3) is 1.58. The van der Waals surface area contributed by atoms with Gasteiger partial charge in [0.1, 0.15) is 0 Å². The van der Waals surface area contributed by atoms with Gasteiger partial charge in [-0.05, 0) is 32.9 Å². The van der Waals surface area contributed by atoms with Gasteiger partial charge in [-0.3, -0.25) is 0 Å². The number of thiophene rings is 1. The van der Waals surface area contributed by atoms with Crippen LogP contribution in [0.2, 0.25) is 0 Å². The molecule has 2 heteroatoms. The molecule has 1 aromatic rings. The molecule has 1 rings (SSSR count). The van der Waals surface area contributed by atoms with Gasteiger partial charge in [-0.1, -0.05) is 0 Å². The monoisotopic (exact) mass is 155 g/mol. The Morgan fingerprint density at radius 1 is 1.60 bits per heavy atom. The van der Waals surface area contributed by atoms with Gasteiger partial charge in [-0.2, -0.15) is 0 Å². The summed E-state index contributed by atoms with van der Waals surface area (Å²) < 4.78 is 0. The average Bonchev–Trinajstić information content (AvgIpc) is 2.11. The molecule has 1 N–H and O–H groups in total. The van der Waals surface area contributed by atoms with E-state index in [2.05, 4.69) is 6.07 Å². The Morgan fingerprint density at radius 3 is 2.40 bits per heavy atom. The Labute approximate surface area is 65.3 Å². The summed E-state index contributed by atoms with van der Waals surface area (Å²) in [4.78, 5) is 2.10. The van der Waals surface area contributed by atoms with Crippen molar-refractivity contribution in [2.24, 2.45) is 0 Å². The van der Waals surface area contributed by atoms with Crippen LogP contribution in [0.5, 0.6) is 0 Å². The molecular formula is C8H11OS. The average molecular weight is 155 g/mol. The van der Waals surface area contributed by atoms with Crippen molar-refractivity contribution in [3.8, 4) is 0 Å². The molecule has 1 aromatic heterocycles. The molecule has 0 atom stereocenters. The van der Waals surface area contributed by atoms with Crippen LogP contribution in [0.4, 0.5) is 0 Å². The van der Waals surface area contributed by atoms with E-state index in [1.54, 1.807) is 25.2 Å². The minimum atomic E-state index is -0.699. The summed E-state index contributed by atoms with van der Waals surface area (Å²) in [6.07, 6.45) is 0. The molecule has 0 fully saturated rings. The smallest absolute Gasteiger partial charge is 0.0932 e. The molecule has 0 bridgehead atoms. The van der Waals surface area contributed by atoms with Gasteiger partial charge in [0.2, 0.25) is 0 Å². The summed E-state index contributed by atoms with van der Waals surface area (Å²) in [7, 11) is 0. The molecular weight excluding hydrogens is 144 g/mol. The third-order valence-electron chi connectivity index (χ3n) is 1.27. The highest BCUT2D eigenvalue weighted by Gasteiger charge is 2.17. The highest BCUT2D eigenvalue weighted by molar-refractivity contribution is 7.12. The Morgan fingerprint density at radius 2 is 2.20 bits per heavy atom. The van der Waals surface area contributed by atoms with E-state index in [9.17, 15) is 5.11 Å². The largest absolute Gasteiger partial charge is 0.385 e. The fraction of sp³-hybridized carbons (Fsp3) is 0.500. The zero-order valence-corrected chi connectivity index (χ0v) is 7.25. The fourth-order valence-corrected chi connectivity index (χ4v) is 1.51. The second-order valence-corrected chi connectivity index (χ2v) is 4.13. The Bertz CT molecular complexity index is 219. The first-order valence-electron chi connectivity index (χ1n) is 3.21. The lowest BCUT2D eigenvalue weighted by atomic mass is 10.1. The fourth-order valence-electron chi connectivity index (χ4n) is 0.693. The molecule has 0 amide bonds. The molecule has 1 nitrogen and oxygen atoms in total. The standard InChI is InChI=1S/C8H11OS/c1-6-4-5-7(10-6)8(2,3)9/h5,9H,1-3H3. The second kappa shape index (κ2) is 2.36. The lowest BCUT2D eigenvalue weighted by Gasteiger charge is -2.13. The topological polar surface area (TPSA) is 20.2 Å². The van der Waals surface area contributed by atoms with Crippen LogP contribution >= 0.6 is 11.3 Å².